The molecule has 1 heterocycles. The van der Waals surface area contributed by atoms with Gasteiger partial charge >= 0.3 is 0 Å². The van der Waals surface area contributed by atoms with E-state index in [-0.39, 0.29) is 11.6 Å². The monoisotopic (exact) mass is 307 g/mol. The molecular formula is C14H17N3O5. The first-order valence-corrected chi connectivity index (χ1v) is 7.19. The Kier molecular flexibility index (Phi) is 4.69. The van der Waals surface area contributed by atoms with Gasteiger partial charge in [-0.05, 0) is 31.7 Å². The van der Waals surface area contributed by atoms with Crippen LogP contribution < -0.4 is 0 Å². The third-order valence-corrected chi connectivity index (χ3v) is 3.98. The van der Waals surface area contributed by atoms with Crippen LogP contribution in [0.5, 0.6) is 0 Å². The molecule has 0 aromatic heterocycles. The van der Waals surface area contributed by atoms with E-state index in [1.807, 2.05) is 6.92 Å². The molecule has 0 saturated carbocycles. The molecule has 0 N–H and O–H groups in total. The van der Waals surface area contributed by atoms with Gasteiger partial charge in [-0.25, -0.2) is 0 Å². The lowest BCUT2D eigenvalue weighted by Crippen LogP contribution is -2.43. The Morgan fingerprint density at radius 1 is 1.27 bits per heavy atom. The summed E-state index contributed by atoms with van der Waals surface area (Å²) in [5.74, 6) is -0.423. The van der Waals surface area contributed by atoms with E-state index in [0.717, 1.165) is 37.8 Å². The molecule has 8 nitrogen and oxygen atoms in total. The first-order chi connectivity index (χ1) is 10.5. The Hall–Kier alpha value is -2.51. The van der Waals surface area contributed by atoms with Crippen LogP contribution in [0.4, 0.5) is 11.4 Å². The van der Waals surface area contributed by atoms with Crippen molar-refractivity contribution in [3.8, 4) is 0 Å². The number of piperidine rings is 1. The SMILES string of the molecule is CCC1CCCCN1C(=O)c1ccc([N+](=O)[O-])cc1[N+](=O)[O-]. The van der Waals surface area contributed by atoms with Crippen molar-refractivity contribution in [2.24, 2.45) is 0 Å². The van der Waals surface area contributed by atoms with E-state index in [0.29, 0.717) is 6.54 Å². The minimum atomic E-state index is -0.745. The number of nitro groups is 2. The number of hydrogen-bond acceptors (Lipinski definition) is 5. The highest BCUT2D eigenvalue weighted by molar-refractivity contribution is 5.98. The summed E-state index contributed by atoms with van der Waals surface area (Å²) in [5.41, 5.74) is -0.996. The van der Waals surface area contributed by atoms with Crippen molar-refractivity contribution in [1.29, 1.82) is 0 Å². The van der Waals surface area contributed by atoms with E-state index in [1.165, 1.54) is 6.07 Å². The number of nitro benzene ring substituents is 2. The molecule has 0 spiro atoms. The smallest absolute Gasteiger partial charge is 0.289 e. The minimum absolute atomic E-state index is 0.0658. The Bertz CT molecular complexity index is 616. The van der Waals surface area contributed by atoms with E-state index in [2.05, 4.69) is 0 Å². The highest BCUT2D eigenvalue weighted by Crippen LogP contribution is 2.28. The zero-order valence-corrected chi connectivity index (χ0v) is 12.2. The molecule has 8 heteroatoms. The highest BCUT2D eigenvalue weighted by Gasteiger charge is 2.31. The van der Waals surface area contributed by atoms with E-state index >= 15 is 0 Å². The molecule has 0 radical (unpaired) electrons. The third kappa shape index (κ3) is 3.05. The predicted molar refractivity (Wildman–Crippen MR) is 78.7 cm³/mol. The average molecular weight is 307 g/mol. The van der Waals surface area contributed by atoms with Crippen molar-refractivity contribution < 1.29 is 14.6 Å². The highest BCUT2D eigenvalue weighted by atomic mass is 16.6. The van der Waals surface area contributed by atoms with Crippen molar-refractivity contribution in [2.75, 3.05) is 6.54 Å². The molecule has 2 rings (SSSR count). The minimum Gasteiger partial charge on any atom is -0.335 e. The summed E-state index contributed by atoms with van der Waals surface area (Å²) >= 11 is 0. The van der Waals surface area contributed by atoms with E-state index < -0.39 is 27.1 Å². The standard InChI is InChI=1S/C14H17N3O5/c1-2-10-5-3-4-8-15(10)14(18)12-7-6-11(16(19)20)9-13(12)17(21)22/h6-7,9-10H,2-5,8H2,1H3. The van der Waals surface area contributed by atoms with Crippen LogP contribution in [0.15, 0.2) is 18.2 Å². The van der Waals surface area contributed by atoms with Gasteiger partial charge in [-0.15, -0.1) is 0 Å². The second-order valence-corrected chi connectivity index (χ2v) is 5.27. The molecule has 22 heavy (non-hydrogen) atoms. The molecule has 1 unspecified atom stereocenters. The van der Waals surface area contributed by atoms with Crippen LogP contribution in [-0.2, 0) is 0 Å². The van der Waals surface area contributed by atoms with Gasteiger partial charge in [0, 0.05) is 18.7 Å². The van der Waals surface area contributed by atoms with Crippen LogP contribution >= 0.6 is 0 Å². The molecule has 0 aliphatic carbocycles. The van der Waals surface area contributed by atoms with Crippen molar-refractivity contribution in [3.05, 3.63) is 44.0 Å². The van der Waals surface area contributed by atoms with Crippen LogP contribution in [0.1, 0.15) is 43.0 Å². The lowest BCUT2D eigenvalue weighted by Gasteiger charge is -2.35. The first-order valence-electron chi connectivity index (χ1n) is 7.19. The van der Waals surface area contributed by atoms with Crippen LogP contribution in [0, 0.1) is 20.2 Å². The molecule has 1 aromatic rings. The fraction of sp³-hybridized carbons (Fsp3) is 0.500. The molecule has 1 saturated heterocycles. The first kappa shape index (κ1) is 15.9. The van der Waals surface area contributed by atoms with E-state index in [4.69, 9.17) is 0 Å². The maximum atomic E-state index is 12.6. The summed E-state index contributed by atoms with van der Waals surface area (Å²) < 4.78 is 0. The topological polar surface area (TPSA) is 107 Å². The fourth-order valence-electron chi connectivity index (χ4n) is 2.81. The summed E-state index contributed by atoms with van der Waals surface area (Å²) in [6, 6.07) is 3.22. The van der Waals surface area contributed by atoms with Crippen LogP contribution in [0.25, 0.3) is 0 Å². The lowest BCUT2D eigenvalue weighted by atomic mass is 9.98. The van der Waals surface area contributed by atoms with Crippen molar-refractivity contribution in [2.45, 2.75) is 38.6 Å². The zero-order valence-electron chi connectivity index (χ0n) is 12.2. The van der Waals surface area contributed by atoms with Crippen LogP contribution in [0.2, 0.25) is 0 Å². The van der Waals surface area contributed by atoms with Gasteiger partial charge in [0.05, 0.1) is 15.9 Å². The van der Waals surface area contributed by atoms with Gasteiger partial charge in [0.15, 0.2) is 0 Å². The van der Waals surface area contributed by atoms with Gasteiger partial charge in [-0.2, -0.15) is 0 Å². The maximum absolute atomic E-state index is 12.6. The van der Waals surface area contributed by atoms with Crippen molar-refractivity contribution in [1.82, 2.24) is 4.90 Å². The molecule has 1 aliphatic heterocycles. The summed E-state index contributed by atoms with van der Waals surface area (Å²) in [6.45, 7) is 2.53. The lowest BCUT2D eigenvalue weighted by molar-refractivity contribution is -0.394. The van der Waals surface area contributed by atoms with Gasteiger partial charge in [-0.3, -0.25) is 25.0 Å². The van der Waals surface area contributed by atoms with Gasteiger partial charge < -0.3 is 4.90 Å². The van der Waals surface area contributed by atoms with E-state index in [1.54, 1.807) is 4.90 Å². The molecule has 1 aromatic carbocycles. The van der Waals surface area contributed by atoms with Gasteiger partial charge in [0.1, 0.15) is 5.56 Å². The second-order valence-electron chi connectivity index (χ2n) is 5.27. The number of rotatable bonds is 4. The quantitative estimate of drug-likeness (QED) is 0.628. The van der Waals surface area contributed by atoms with E-state index in [9.17, 15) is 25.0 Å². The number of hydrogen-bond donors (Lipinski definition) is 0. The predicted octanol–water partition coefficient (Wildman–Crippen LogP) is 2.91. The molecule has 118 valence electrons. The normalized spacial score (nSPS) is 18.0. The maximum Gasteiger partial charge on any atom is 0.289 e. The number of likely N-dealkylation sites (tertiary alicyclic amines) is 1. The zero-order chi connectivity index (χ0) is 16.3. The molecule has 1 aliphatic rings. The Morgan fingerprint density at radius 3 is 2.59 bits per heavy atom. The summed E-state index contributed by atoms with van der Waals surface area (Å²) in [4.78, 5) is 34.7. The Balaban J connectivity index is 2.40. The largest absolute Gasteiger partial charge is 0.335 e. The number of carbonyl (C=O) groups is 1. The summed E-state index contributed by atoms with van der Waals surface area (Å²) in [6.07, 6.45) is 3.56. The van der Waals surface area contributed by atoms with Crippen LogP contribution in [-0.4, -0.2) is 33.2 Å². The average Bonchev–Trinajstić information content (AvgIpc) is 2.53. The second kappa shape index (κ2) is 6.50. The molecule has 1 fully saturated rings. The van der Waals surface area contributed by atoms with Crippen LogP contribution in [0.3, 0.4) is 0 Å². The fourth-order valence-corrected chi connectivity index (χ4v) is 2.81. The summed E-state index contributed by atoms with van der Waals surface area (Å²) in [7, 11) is 0. The van der Waals surface area contributed by atoms with Crippen molar-refractivity contribution in [3.63, 3.8) is 0 Å². The molecule has 1 amide bonds. The number of nitrogens with zero attached hydrogens (tertiary/aromatic N) is 3. The number of carbonyl (C=O) groups excluding carboxylic acids is 1. The Labute approximate surface area is 127 Å². The van der Waals surface area contributed by atoms with Gasteiger partial charge in [-0.1, -0.05) is 6.92 Å². The number of non-ortho nitro benzene ring substituents is 1. The Morgan fingerprint density at radius 2 is 2.00 bits per heavy atom. The molecule has 0 bridgehead atoms. The summed E-state index contributed by atoms with van der Waals surface area (Å²) in [5, 5.41) is 21.9. The molecule has 1 atom stereocenters. The van der Waals surface area contributed by atoms with Gasteiger partial charge in [0.2, 0.25) is 0 Å². The third-order valence-electron chi connectivity index (χ3n) is 3.98. The van der Waals surface area contributed by atoms with Crippen molar-refractivity contribution >= 4 is 17.3 Å². The number of amides is 1. The van der Waals surface area contributed by atoms with Gasteiger partial charge in [0.25, 0.3) is 17.3 Å². The number of benzene rings is 1. The molecular weight excluding hydrogens is 290 g/mol.